The molecule has 2 aromatic carbocycles. The molecule has 0 saturated carbocycles. The molecule has 4 heteroatoms. The number of halogens is 2. The summed E-state index contributed by atoms with van der Waals surface area (Å²) in [5.74, 6) is 0.842. The molecule has 1 radical (unpaired) electrons. The van der Waals surface area contributed by atoms with Gasteiger partial charge in [-0.2, -0.15) is 0 Å². The second kappa shape index (κ2) is 8.58. The minimum Gasteiger partial charge on any atom is -0.492 e. The first kappa shape index (κ1) is 18.1. The first-order valence-electron chi connectivity index (χ1n) is 7.88. The topological polar surface area (TPSA) is 12.5 Å². The van der Waals surface area contributed by atoms with Crippen LogP contribution in [0.15, 0.2) is 30.3 Å². The Balaban J connectivity index is 2.15. The highest BCUT2D eigenvalue weighted by Gasteiger charge is 2.08. The first-order chi connectivity index (χ1) is 11.0. The lowest BCUT2D eigenvalue weighted by Gasteiger charge is -2.18. The second-order valence-corrected chi connectivity index (χ2v) is 6.26. The van der Waals surface area contributed by atoms with E-state index in [-0.39, 0.29) is 0 Å². The van der Waals surface area contributed by atoms with E-state index in [0.717, 1.165) is 42.1 Å². The molecule has 23 heavy (non-hydrogen) atoms. The third kappa shape index (κ3) is 5.13. The van der Waals surface area contributed by atoms with Crippen LogP contribution >= 0.6 is 23.2 Å². The van der Waals surface area contributed by atoms with Crippen molar-refractivity contribution in [3.8, 4) is 16.9 Å². The molecular weight excluding hydrogens is 329 g/mol. The molecule has 2 rings (SSSR count). The zero-order valence-corrected chi connectivity index (χ0v) is 15.3. The predicted octanol–water partition coefficient (Wildman–Crippen LogP) is 5.49. The Morgan fingerprint density at radius 1 is 1.09 bits per heavy atom. The maximum atomic E-state index is 6.30. The fourth-order valence-corrected chi connectivity index (χ4v) is 2.96. The van der Waals surface area contributed by atoms with E-state index in [1.54, 1.807) is 6.07 Å². The Morgan fingerprint density at radius 3 is 2.48 bits per heavy atom. The van der Waals surface area contributed by atoms with E-state index in [0.29, 0.717) is 16.7 Å². The standard InChI is InChI=1S/C19H22Cl2NO/c1-4-22(5-2)8-9-23-17-11-14(3)10-15(12-17)18-7-6-16(20)13-19(18)21/h6-7,11-13H,4-5,8-9H2,1-3H3. The normalized spacial score (nSPS) is 11.0. The predicted molar refractivity (Wildman–Crippen MR) is 98.8 cm³/mol. The van der Waals surface area contributed by atoms with Gasteiger partial charge in [-0.05, 0) is 61.5 Å². The summed E-state index contributed by atoms with van der Waals surface area (Å²) in [4.78, 5) is 2.33. The number of hydrogen-bond acceptors (Lipinski definition) is 2. The summed E-state index contributed by atoms with van der Waals surface area (Å²) in [6.07, 6.45) is 0. The molecule has 0 aromatic heterocycles. The van der Waals surface area contributed by atoms with Crippen LogP contribution in [0.4, 0.5) is 0 Å². The smallest absolute Gasteiger partial charge is 0.120 e. The van der Waals surface area contributed by atoms with Crippen LogP contribution in [-0.4, -0.2) is 31.1 Å². The zero-order valence-electron chi connectivity index (χ0n) is 13.8. The van der Waals surface area contributed by atoms with Gasteiger partial charge in [0, 0.05) is 22.2 Å². The Kier molecular flexibility index (Phi) is 6.76. The fourth-order valence-electron chi connectivity index (χ4n) is 2.45. The molecule has 0 amide bonds. The van der Waals surface area contributed by atoms with Gasteiger partial charge in [-0.1, -0.05) is 43.1 Å². The molecule has 2 nitrogen and oxygen atoms in total. The zero-order chi connectivity index (χ0) is 16.8. The van der Waals surface area contributed by atoms with Crippen molar-refractivity contribution >= 4 is 23.2 Å². The van der Waals surface area contributed by atoms with Gasteiger partial charge in [-0.25, -0.2) is 0 Å². The maximum Gasteiger partial charge on any atom is 0.120 e. The summed E-state index contributed by atoms with van der Waals surface area (Å²) < 4.78 is 5.92. The van der Waals surface area contributed by atoms with Crippen molar-refractivity contribution in [3.05, 3.63) is 52.0 Å². The highest BCUT2D eigenvalue weighted by molar-refractivity contribution is 6.36. The number of aryl methyl sites for hydroxylation is 1. The van der Waals surface area contributed by atoms with E-state index in [2.05, 4.69) is 24.8 Å². The van der Waals surface area contributed by atoms with E-state index in [1.807, 2.05) is 31.2 Å². The average Bonchev–Trinajstić information content (AvgIpc) is 2.51. The number of nitrogens with zero attached hydrogens (tertiary/aromatic N) is 1. The highest BCUT2D eigenvalue weighted by Crippen LogP contribution is 2.32. The van der Waals surface area contributed by atoms with Crippen LogP contribution in [0.1, 0.15) is 19.4 Å². The molecule has 0 bridgehead atoms. The minimum absolute atomic E-state index is 0.619. The summed E-state index contributed by atoms with van der Waals surface area (Å²) in [5.41, 5.74) is 2.85. The minimum atomic E-state index is 0.619. The lowest BCUT2D eigenvalue weighted by atomic mass is 10.0. The van der Waals surface area contributed by atoms with E-state index in [1.165, 1.54) is 0 Å². The highest BCUT2D eigenvalue weighted by atomic mass is 35.5. The Labute approximate surface area is 149 Å². The van der Waals surface area contributed by atoms with Crippen molar-refractivity contribution in [2.24, 2.45) is 0 Å². The van der Waals surface area contributed by atoms with Crippen LogP contribution in [0.5, 0.6) is 5.75 Å². The first-order valence-corrected chi connectivity index (χ1v) is 8.63. The van der Waals surface area contributed by atoms with Gasteiger partial charge < -0.3 is 9.64 Å². The molecular formula is C19H22Cl2NO. The van der Waals surface area contributed by atoms with Crippen LogP contribution in [0.3, 0.4) is 0 Å². The molecule has 2 aromatic rings. The molecule has 0 atom stereocenters. The molecule has 0 N–H and O–H groups in total. The average molecular weight is 351 g/mol. The summed E-state index contributed by atoms with van der Waals surface area (Å²) in [6, 6.07) is 12.8. The number of ether oxygens (including phenoxy) is 1. The van der Waals surface area contributed by atoms with Crippen LogP contribution in [0.2, 0.25) is 10.0 Å². The van der Waals surface area contributed by atoms with Crippen molar-refractivity contribution in [3.63, 3.8) is 0 Å². The Hall–Kier alpha value is -1.22. The van der Waals surface area contributed by atoms with Crippen molar-refractivity contribution in [1.82, 2.24) is 4.90 Å². The molecule has 0 heterocycles. The van der Waals surface area contributed by atoms with Crippen molar-refractivity contribution < 1.29 is 4.74 Å². The molecule has 0 spiro atoms. The lowest BCUT2D eigenvalue weighted by molar-refractivity contribution is 0.223. The summed E-state index contributed by atoms with van der Waals surface area (Å²) in [5, 5.41) is 1.25. The van der Waals surface area contributed by atoms with Crippen LogP contribution in [0, 0.1) is 13.0 Å². The van der Waals surface area contributed by atoms with Gasteiger partial charge in [0.1, 0.15) is 12.4 Å². The van der Waals surface area contributed by atoms with Gasteiger partial charge in [-0.3, -0.25) is 0 Å². The van der Waals surface area contributed by atoms with Gasteiger partial charge in [0.2, 0.25) is 0 Å². The largest absolute Gasteiger partial charge is 0.492 e. The van der Waals surface area contributed by atoms with Gasteiger partial charge in [0.25, 0.3) is 0 Å². The van der Waals surface area contributed by atoms with E-state index >= 15 is 0 Å². The van der Waals surface area contributed by atoms with Gasteiger partial charge >= 0.3 is 0 Å². The Morgan fingerprint density at radius 2 is 1.83 bits per heavy atom. The van der Waals surface area contributed by atoms with Crippen molar-refractivity contribution in [2.45, 2.75) is 20.8 Å². The third-order valence-corrected chi connectivity index (χ3v) is 4.32. The summed E-state index contributed by atoms with van der Waals surface area (Å²) in [7, 11) is 0. The summed E-state index contributed by atoms with van der Waals surface area (Å²) in [6.45, 7) is 9.98. The van der Waals surface area contributed by atoms with Gasteiger partial charge in [0.05, 0.1) is 0 Å². The van der Waals surface area contributed by atoms with Crippen LogP contribution in [-0.2, 0) is 0 Å². The van der Waals surface area contributed by atoms with Crippen LogP contribution < -0.4 is 4.74 Å². The number of likely N-dealkylation sites (N-methyl/N-ethyl adjacent to an activating group) is 1. The van der Waals surface area contributed by atoms with E-state index in [4.69, 9.17) is 27.9 Å². The quantitative estimate of drug-likeness (QED) is 0.654. The van der Waals surface area contributed by atoms with E-state index < -0.39 is 0 Å². The maximum absolute atomic E-state index is 6.30. The molecule has 123 valence electrons. The Bertz CT molecular complexity index is 654. The number of rotatable bonds is 7. The van der Waals surface area contributed by atoms with Crippen molar-refractivity contribution in [2.75, 3.05) is 26.2 Å². The molecule has 0 unspecified atom stereocenters. The lowest BCUT2D eigenvalue weighted by Crippen LogP contribution is -2.27. The summed E-state index contributed by atoms with van der Waals surface area (Å²) >= 11 is 12.3. The van der Waals surface area contributed by atoms with E-state index in [9.17, 15) is 0 Å². The van der Waals surface area contributed by atoms with Gasteiger partial charge in [0.15, 0.2) is 0 Å². The molecule has 0 aliphatic carbocycles. The molecule has 0 saturated heterocycles. The van der Waals surface area contributed by atoms with Crippen molar-refractivity contribution in [1.29, 1.82) is 0 Å². The molecule has 0 aliphatic rings. The van der Waals surface area contributed by atoms with Gasteiger partial charge in [-0.15, -0.1) is 0 Å². The third-order valence-electron chi connectivity index (χ3n) is 3.77. The monoisotopic (exact) mass is 350 g/mol. The SMILES string of the molecule is CCN(CC)CCOc1cc(C)[c]c(-c2ccc(Cl)cc2Cl)c1. The second-order valence-electron chi connectivity index (χ2n) is 5.41. The molecule has 0 aliphatic heterocycles. The van der Waals surface area contributed by atoms with Crippen LogP contribution in [0.25, 0.3) is 11.1 Å². The number of benzene rings is 2. The number of hydrogen-bond donors (Lipinski definition) is 0. The molecule has 0 fully saturated rings. The fraction of sp³-hybridized carbons (Fsp3) is 0.368.